The second kappa shape index (κ2) is 27.5. The van der Waals surface area contributed by atoms with Crippen molar-refractivity contribution in [1.82, 2.24) is 19.8 Å². The molecule has 18 heteroatoms. The van der Waals surface area contributed by atoms with E-state index in [2.05, 4.69) is 88.5 Å². The Hall–Kier alpha value is -6.90. The third kappa shape index (κ3) is 14.5. The van der Waals surface area contributed by atoms with Gasteiger partial charge in [0.1, 0.15) is 34.0 Å². The fourth-order valence-corrected chi connectivity index (χ4v) is 10.2. The van der Waals surface area contributed by atoms with Gasteiger partial charge in [0.15, 0.2) is 23.7 Å². The van der Waals surface area contributed by atoms with Crippen LogP contribution in [0, 0.1) is 13.8 Å². The highest BCUT2D eigenvalue weighted by molar-refractivity contribution is 9.10. The van der Waals surface area contributed by atoms with E-state index in [-0.39, 0.29) is 18.3 Å². The van der Waals surface area contributed by atoms with Crippen molar-refractivity contribution in [1.29, 1.82) is 0 Å². The van der Waals surface area contributed by atoms with Gasteiger partial charge < -0.3 is 46.6 Å². The van der Waals surface area contributed by atoms with Crippen molar-refractivity contribution in [3.63, 3.8) is 0 Å². The fraction of sp³-hybridized carbons (Fsp3) is 0.375. The maximum Gasteiger partial charge on any atom is 0.494 e. The highest BCUT2D eigenvalue weighted by Crippen LogP contribution is 2.38. The van der Waals surface area contributed by atoms with Gasteiger partial charge in [-0.3, -0.25) is 19.4 Å². The summed E-state index contributed by atoms with van der Waals surface area (Å²) in [7, 11) is 2.70. The summed E-state index contributed by atoms with van der Waals surface area (Å²) < 4.78 is 58.3. The molecule has 0 radical (unpaired) electrons. The Morgan fingerprint density at radius 2 is 1.05 bits per heavy atom. The third-order valence-electron chi connectivity index (χ3n) is 15.3. The molecule has 3 saturated heterocycles. The summed E-state index contributed by atoms with van der Waals surface area (Å²) in [5.41, 5.74) is 9.72. The van der Waals surface area contributed by atoms with Crippen LogP contribution in [0.1, 0.15) is 72.4 Å². The molecule has 3 aliphatic rings. The summed E-state index contributed by atoms with van der Waals surface area (Å²) in [6.45, 7) is 23.2. The lowest BCUT2D eigenvalue weighted by Gasteiger charge is -2.32. The van der Waals surface area contributed by atoms with Crippen LogP contribution < -0.4 is 24.4 Å². The smallest absolute Gasteiger partial charge is 0.494 e. The summed E-state index contributed by atoms with van der Waals surface area (Å²) in [6, 6.07) is 34.9. The first-order valence-corrected chi connectivity index (χ1v) is 28.6. The molecule has 3 aliphatic heterocycles. The predicted octanol–water partition coefficient (Wildman–Crippen LogP) is 11.9. The molecule has 0 unspecified atom stereocenters. The second-order valence-corrected chi connectivity index (χ2v) is 22.1. The summed E-state index contributed by atoms with van der Waals surface area (Å²) in [5.74, 6) is 3.70. The van der Waals surface area contributed by atoms with E-state index in [1.807, 2.05) is 73.7 Å². The van der Waals surface area contributed by atoms with Crippen molar-refractivity contribution in [2.75, 3.05) is 93.1 Å². The van der Waals surface area contributed by atoms with Crippen molar-refractivity contribution in [2.45, 2.75) is 65.6 Å². The highest BCUT2D eigenvalue weighted by atomic mass is 79.9. The number of rotatable bonds is 18. The zero-order valence-electron chi connectivity index (χ0n) is 48.1. The molecular weight excluding hydrogens is 1110 g/mol. The van der Waals surface area contributed by atoms with Gasteiger partial charge in [0.2, 0.25) is 11.8 Å². The molecule has 6 aromatic carbocycles. The molecule has 430 valence electrons. The van der Waals surface area contributed by atoms with E-state index in [1.165, 1.54) is 14.2 Å². The molecule has 11 rings (SSSR count). The molecule has 0 atom stereocenters. The number of nitrogens with zero attached hydrogens (tertiary/aromatic N) is 4. The van der Waals surface area contributed by atoms with E-state index in [0.29, 0.717) is 69.8 Å². The number of benzene rings is 6. The van der Waals surface area contributed by atoms with Crippen molar-refractivity contribution < 1.29 is 56.2 Å². The normalized spacial score (nSPS) is 16.0. The monoisotopic (exact) mass is 1180 g/mol. The molecule has 16 nitrogen and oxygen atoms in total. The molecule has 0 aliphatic carbocycles. The minimum absolute atomic E-state index is 0.327. The Morgan fingerprint density at radius 3 is 1.56 bits per heavy atom. The number of aldehydes is 2. The van der Waals surface area contributed by atoms with Crippen LogP contribution >= 0.6 is 15.9 Å². The first-order valence-electron chi connectivity index (χ1n) is 27.8. The third-order valence-corrected chi connectivity index (χ3v) is 16.2. The Balaban J connectivity index is 0.000000155. The van der Waals surface area contributed by atoms with Crippen LogP contribution in [0.4, 0.5) is 0 Å². The van der Waals surface area contributed by atoms with Crippen LogP contribution in [-0.4, -0.2) is 144 Å². The first kappa shape index (κ1) is 59.7. The molecule has 0 bridgehead atoms. The van der Waals surface area contributed by atoms with Gasteiger partial charge >= 0.3 is 7.12 Å². The Morgan fingerprint density at radius 1 is 0.585 bits per heavy atom. The lowest BCUT2D eigenvalue weighted by atomic mass is 9.79. The molecule has 0 N–H and O–H groups in total. The summed E-state index contributed by atoms with van der Waals surface area (Å²) in [4.78, 5) is 36.4. The number of methoxy groups -OCH3 is 2. The molecule has 0 saturated carbocycles. The Bertz CT molecular complexity index is 3440. The maximum absolute atomic E-state index is 11.4. The number of carbonyl (C=O) groups is 2. The van der Waals surface area contributed by atoms with Gasteiger partial charge in [0, 0.05) is 67.0 Å². The van der Waals surface area contributed by atoms with Crippen LogP contribution in [0.15, 0.2) is 123 Å². The van der Waals surface area contributed by atoms with Gasteiger partial charge in [0.05, 0.1) is 76.2 Å². The predicted molar refractivity (Wildman–Crippen MR) is 322 cm³/mol. The van der Waals surface area contributed by atoms with Crippen LogP contribution in [0.5, 0.6) is 23.0 Å². The lowest BCUT2D eigenvalue weighted by molar-refractivity contribution is 0.00578. The van der Waals surface area contributed by atoms with E-state index < -0.39 is 0 Å². The maximum atomic E-state index is 11.4. The molecule has 5 heterocycles. The van der Waals surface area contributed by atoms with E-state index >= 15 is 0 Å². The number of ether oxygens (including phenoxy) is 6. The van der Waals surface area contributed by atoms with Gasteiger partial charge in [-0.25, -0.2) is 9.97 Å². The van der Waals surface area contributed by atoms with Crippen molar-refractivity contribution in [3.8, 4) is 57.0 Å². The molecule has 0 amide bonds. The average molecular weight is 1180 g/mol. The number of halogens is 1. The zero-order valence-corrected chi connectivity index (χ0v) is 49.7. The quantitative estimate of drug-likeness (QED) is 0.0452. The van der Waals surface area contributed by atoms with Crippen molar-refractivity contribution >= 4 is 63.3 Å². The van der Waals surface area contributed by atoms with Crippen LogP contribution in [0.3, 0.4) is 0 Å². The number of carbonyl (C=O) groups excluding carboxylic acids is 2. The van der Waals surface area contributed by atoms with Crippen LogP contribution in [0.25, 0.3) is 56.2 Å². The van der Waals surface area contributed by atoms with E-state index in [0.717, 1.165) is 146 Å². The fourth-order valence-electron chi connectivity index (χ4n) is 9.82. The van der Waals surface area contributed by atoms with Gasteiger partial charge in [-0.05, 0) is 137 Å². The summed E-state index contributed by atoms with van der Waals surface area (Å²) >= 11 is 3.50. The van der Waals surface area contributed by atoms with Crippen LogP contribution in [-0.2, 0) is 18.8 Å². The van der Waals surface area contributed by atoms with E-state index in [9.17, 15) is 9.59 Å². The number of fused-ring (bicyclic) bond motifs is 2. The molecule has 3 fully saturated rings. The van der Waals surface area contributed by atoms with Gasteiger partial charge in [-0.2, -0.15) is 0 Å². The number of hydrogen-bond donors (Lipinski definition) is 0. The van der Waals surface area contributed by atoms with Crippen molar-refractivity contribution in [3.05, 3.63) is 136 Å². The lowest BCUT2D eigenvalue weighted by Crippen LogP contribution is -2.41. The summed E-state index contributed by atoms with van der Waals surface area (Å²) in [5, 5.41) is 0. The van der Waals surface area contributed by atoms with Gasteiger partial charge in [-0.1, -0.05) is 58.4 Å². The Labute approximate surface area is 488 Å². The first-order chi connectivity index (χ1) is 39.7. The zero-order chi connectivity index (χ0) is 57.8. The standard InChI is InChI=1S/C29H30N2O5.C19H30BNO4.C16H12BrNO3/c1-20-24(21-6-3-7-23(16-21)35-13-5-10-31-11-14-34-15-12-31)8-4-9-25(20)29-30-26-17-22(19-32)27(33-2)18-28(26)36-29;1-18(2)19(3,4)25-20(24-18)16-7-5-8-17(15-16)23-12-6-9-21-10-13-22-14-11-21;1-9-11(4-3-5-12(9)17)16-18-13-6-10(8-19)14(20-2)7-15(13)21-16/h3-4,6-9,16-19H,5,10-15H2,1-2H3;5,7-8,15H,6,9-14H2,1-4H3;3-8H,1-2H3. The molecular formula is C64H72BBrN4O12. The number of aromatic nitrogens is 2. The number of hydrogen-bond acceptors (Lipinski definition) is 16. The number of oxazole rings is 2. The highest BCUT2D eigenvalue weighted by Gasteiger charge is 2.51. The molecule has 82 heavy (non-hydrogen) atoms. The number of morpholine rings is 2. The molecule has 2 aromatic heterocycles. The van der Waals surface area contributed by atoms with Gasteiger partial charge in [-0.15, -0.1) is 0 Å². The summed E-state index contributed by atoms with van der Waals surface area (Å²) in [6.07, 6.45) is 3.50. The van der Waals surface area contributed by atoms with E-state index in [4.69, 9.17) is 46.6 Å². The molecule has 8 aromatic rings. The average Bonchev–Trinajstić information content (AvgIpc) is 4.26. The Kier molecular flexibility index (Phi) is 20.0. The molecule has 0 spiro atoms. The minimum atomic E-state index is -0.345. The SMILES string of the molecule is CC1(C)OB(c2cccc(OCCCN3CCOCC3)c2)OC1(C)C.COc1cc2oc(-c3cccc(-c4cccc(OCCCN5CCOCC5)c4)c3C)nc2cc1C=O.COc1cc2oc(-c3cccc(Br)c3C)nc2cc1C=O. The van der Waals surface area contributed by atoms with Gasteiger partial charge in [0.25, 0.3) is 0 Å². The topological polar surface area (TPSA) is 167 Å². The minimum Gasteiger partial charge on any atom is -0.496 e. The second-order valence-electron chi connectivity index (χ2n) is 21.3. The van der Waals surface area contributed by atoms with Crippen LogP contribution in [0.2, 0.25) is 0 Å². The largest absolute Gasteiger partial charge is 0.496 e. The van der Waals surface area contributed by atoms with E-state index in [1.54, 1.807) is 24.3 Å². The van der Waals surface area contributed by atoms with Crippen molar-refractivity contribution in [2.24, 2.45) is 0 Å².